The number of carbonyl (C=O) groups is 1. The van der Waals surface area contributed by atoms with Crippen molar-refractivity contribution in [3.05, 3.63) is 42.6 Å². The van der Waals surface area contributed by atoms with Crippen LogP contribution in [-0.2, 0) is 9.53 Å². The van der Waals surface area contributed by atoms with E-state index in [4.69, 9.17) is 4.74 Å². The van der Waals surface area contributed by atoms with Gasteiger partial charge < -0.3 is 4.74 Å². The summed E-state index contributed by atoms with van der Waals surface area (Å²) in [6.07, 6.45) is 4.77. The maximum Gasteiger partial charge on any atom is 0.364 e. The van der Waals surface area contributed by atoms with Gasteiger partial charge in [-0.1, -0.05) is 18.2 Å². The van der Waals surface area contributed by atoms with E-state index in [-0.39, 0.29) is 17.6 Å². The van der Waals surface area contributed by atoms with E-state index >= 15 is 0 Å². The SMILES string of the molecule is CC(=O)N(C=CC1=[N+](C)C(C)(C)CC(C)O1)c1ccccc1. The third-order valence-corrected chi connectivity index (χ3v) is 4.09. The molecule has 1 atom stereocenters. The van der Waals surface area contributed by atoms with Crippen LogP contribution in [0.15, 0.2) is 42.6 Å². The minimum Gasteiger partial charge on any atom is -0.441 e. The standard InChI is InChI=1S/C18H25N2O2/c1-14-13-18(3,4)19(5)17(22-14)11-12-20(15(2)21)16-9-7-6-8-10-16/h6-12,14H,13H2,1-5H3/q+1. The Morgan fingerprint density at radius 3 is 2.59 bits per heavy atom. The summed E-state index contributed by atoms with van der Waals surface area (Å²) in [6.45, 7) is 8.02. The lowest BCUT2D eigenvalue weighted by Gasteiger charge is -2.30. The first kappa shape index (κ1) is 16.3. The predicted molar refractivity (Wildman–Crippen MR) is 89.2 cm³/mol. The van der Waals surface area contributed by atoms with Gasteiger partial charge in [0.2, 0.25) is 5.91 Å². The second kappa shape index (κ2) is 6.34. The Balaban J connectivity index is 2.30. The van der Waals surface area contributed by atoms with Crippen molar-refractivity contribution in [2.45, 2.75) is 45.8 Å². The molecule has 1 aromatic rings. The highest BCUT2D eigenvalue weighted by Gasteiger charge is 2.38. The van der Waals surface area contributed by atoms with Crippen molar-refractivity contribution in [2.24, 2.45) is 0 Å². The van der Waals surface area contributed by atoms with Crippen molar-refractivity contribution in [2.75, 3.05) is 11.9 Å². The monoisotopic (exact) mass is 301 g/mol. The molecular weight excluding hydrogens is 276 g/mol. The minimum atomic E-state index is -0.0335. The number of hydrogen-bond acceptors (Lipinski definition) is 2. The third kappa shape index (κ3) is 3.56. The largest absolute Gasteiger partial charge is 0.441 e. The van der Waals surface area contributed by atoms with Crippen LogP contribution in [0.3, 0.4) is 0 Å². The van der Waals surface area contributed by atoms with Crippen molar-refractivity contribution < 1.29 is 14.1 Å². The fraction of sp³-hybridized carbons (Fsp3) is 0.444. The Kier molecular flexibility index (Phi) is 4.69. The van der Waals surface area contributed by atoms with Gasteiger partial charge in [-0.2, -0.15) is 4.58 Å². The van der Waals surface area contributed by atoms with E-state index in [1.54, 1.807) is 18.0 Å². The van der Waals surface area contributed by atoms with E-state index in [0.717, 1.165) is 18.0 Å². The molecule has 0 fully saturated rings. The highest BCUT2D eigenvalue weighted by atomic mass is 16.5. The number of ether oxygens (including phenoxy) is 1. The van der Waals surface area contributed by atoms with E-state index in [1.807, 2.05) is 43.5 Å². The van der Waals surface area contributed by atoms with Crippen LogP contribution in [0.25, 0.3) is 0 Å². The molecule has 0 aromatic heterocycles. The molecule has 4 heteroatoms. The molecule has 0 radical (unpaired) electrons. The topological polar surface area (TPSA) is 32.5 Å². The summed E-state index contributed by atoms with van der Waals surface area (Å²) in [5, 5.41) is 0. The number of carbonyl (C=O) groups excluding carboxylic acids is 1. The summed E-state index contributed by atoms with van der Waals surface area (Å²) in [7, 11) is 2.02. The summed E-state index contributed by atoms with van der Waals surface area (Å²) < 4.78 is 8.04. The highest BCUT2D eigenvalue weighted by Crippen LogP contribution is 2.23. The molecule has 4 nitrogen and oxygen atoms in total. The highest BCUT2D eigenvalue weighted by molar-refractivity contribution is 5.95. The zero-order chi connectivity index (χ0) is 16.3. The molecule has 0 N–H and O–H groups in total. The first-order chi connectivity index (χ1) is 10.3. The fourth-order valence-electron chi connectivity index (χ4n) is 2.72. The molecule has 0 saturated heterocycles. The zero-order valence-corrected chi connectivity index (χ0v) is 14.0. The van der Waals surface area contributed by atoms with Crippen molar-refractivity contribution in [3.63, 3.8) is 0 Å². The fourth-order valence-corrected chi connectivity index (χ4v) is 2.72. The average molecular weight is 301 g/mol. The molecule has 1 heterocycles. The lowest BCUT2D eigenvalue weighted by Crippen LogP contribution is -2.46. The van der Waals surface area contributed by atoms with Crippen LogP contribution in [-0.4, -0.2) is 35.1 Å². The quantitative estimate of drug-likeness (QED) is 0.803. The van der Waals surface area contributed by atoms with Crippen LogP contribution < -0.4 is 4.90 Å². The summed E-state index contributed by atoms with van der Waals surface area (Å²) >= 11 is 0. The molecule has 1 unspecified atom stereocenters. The maximum absolute atomic E-state index is 11.9. The molecule has 0 spiro atoms. The Morgan fingerprint density at radius 1 is 1.36 bits per heavy atom. The molecule has 22 heavy (non-hydrogen) atoms. The van der Waals surface area contributed by atoms with Crippen molar-refractivity contribution >= 4 is 17.5 Å². The number of rotatable bonds is 3. The molecule has 0 saturated carbocycles. The molecule has 1 aliphatic heterocycles. The molecule has 1 amide bonds. The minimum absolute atomic E-state index is 0.0329. The predicted octanol–water partition coefficient (Wildman–Crippen LogP) is 3.18. The lowest BCUT2D eigenvalue weighted by atomic mass is 9.95. The van der Waals surface area contributed by atoms with Gasteiger partial charge in [-0.15, -0.1) is 0 Å². The second-order valence-electron chi connectivity index (χ2n) is 6.38. The van der Waals surface area contributed by atoms with Crippen molar-refractivity contribution in [1.29, 1.82) is 0 Å². The Bertz CT molecular complexity index is 603. The number of nitrogens with zero attached hydrogens (tertiary/aromatic N) is 2. The third-order valence-electron chi connectivity index (χ3n) is 4.09. The summed E-state index contributed by atoms with van der Waals surface area (Å²) in [6, 6.07) is 9.59. The molecule has 0 aliphatic carbocycles. The molecule has 1 aliphatic rings. The zero-order valence-electron chi connectivity index (χ0n) is 14.0. The lowest BCUT2D eigenvalue weighted by molar-refractivity contribution is -0.593. The maximum atomic E-state index is 11.9. The first-order valence-corrected chi connectivity index (χ1v) is 7.62. The first-order valence-electron chi connectivity index (χ1n) is 7.62. The van der Waals surface area contributed by atoms with Gasteiger partial charge in [-0.05, 0) is 19.1 Å². The number of hydrogen-bond donors (Lipinski definition) is 0. The molecular formula is C18H25N2O2+. The summed E-state index contributed by atoms with van der Waals surface area (Å²) in [5.41, 5.74) is 0.878. The van der Waals surface area contributed by atoms with Gasteiger partial charge in [0.1, 0.15) is 13.2 Å². The van der Waals surface area contributed by atoms with E-state index in [2.05, 4.69) is 25.3 Å². The Labute approximate surface area is 132 Å². The molecule has 0 bridgehead atoms. The van der Waals surface area contributed by atoms with Crippen molar-refractivity contribution in [3.8, 4) is 0 Å². The van der Waals surface area contributed by atoms with Crippen LogP contribution in [0.1, 0.15) is 34.1 Å². The smallest absolute Gasteiger partial charge is 0.364 e. The second-order valence-corrected chi connectivity index (χ2v) is 6.38. The molecule has 2 rings (SSSR count). The van der Waals surface area contributed by atoms with Gasteiger partial charge in [0.25, 0.3) is 0 Å². The van der Waals surface area contributed by atoms with E-state index in [0.29, 0.717) is 0 Å². The van der Waals surface area contributed by atoms with Crippen LogP contribution in [0.2, 0.25) is 0 Å². The van der Waals surface area contributed by atoms with Crippen LogP contribution in [0.5, 0.6) is 0 Å². The van der Waals surface area contributed by atoms with E-state index in [9.17, 15) is 4.79 Å². The van der Waals surface area contributed by atoms with Gasteiger partial charge in [-0.25, -0.2) is 0 Å². The van der Waals surface area contributed by atoms with Gasteiger partial charge in [0.15, 0.2) is 5.54 Å². The average Bonchev–Trinajstić information content (AvgIpc) is 2.44. The van der Waals surface area contributed by atoms with Crippen LogP contribution in [0, 0.1) is 0 Å². The number of para-hydroxylation sites is 1. The molecule has 118 valence electrons. The van der Waals surface area contributed by atoms with Gasteiger partial charge >= 0.3 is 5.90 Å². The van der Waals surface area contributed by atoms with Gasteiger partial charge in [-0.3, -0.25) is 9.69 Å². The number of amides is 1. The Hall–Kier alpha value is -2.10. The van der Waals surface area contributed by atoms with Crippen LogP contribution >= 0.6 is 0 Å². The number of benzene rings is 1. The normalized spacial score (nSPS) is 20.9. The molecule has 1 aromatic carbocycles. The summed E-state index contributed by atoms with van der Waals surface area (Å²) in [4.78, 5) is 13.5. The van der Waals surface area contributed by atoms with E-state index < -0.39 is 0 Å². The van der Waals surface area contributed by atoms with Gasteiger partial charge in [0.05, 0.1) is 6.08 Å². The number of anilines is 1. The van der Waals surface area contributed by atoms with Crippen LogP contribution in [0.4, 0.5) is 5.69 Å². The summed E-state index contributed by atoms with van der Waals surface area (Å²) in [5.74, 6) is 0.750. The van der Waals surface area contributed by atoms with Gasteiger partial charge in [0, 0.05) is 39.1 Å². The van der Waals surface area contributed by atoms with E-state index in [1.165, 1.54) is 0 Å². The van der Waals surface area contributed by atoms with Crippen molar-refractivity contribution in [1.82, 2.24) is 0 Å². The Morgan fingerprint density at radius 2 is 2.00 bits per heavy atom.